The van der Waals surface area contributed by atoms with Crippen molar-refractivity contribution in [2.24, 2.45) is 5.92 Å². The van der Waals surface area contributed by atoms with Crippen molar-refractivity contribution in [3.05, 3.63) is 115 Å². The number of ether oxygens (including phenoxy) is 1. The number of halogens is 1. The number of aromatic nitrogens is 1. The maximum absolute atomic E-state index is 13.3. The van der Waals surface area contributed by atoms with Gasteiger partial charge in [-0.2, -0.15) is 0 Å². The Morgan fingerprint density at radius 2 is 1.67 bits per heavy atom. The van der Waals surface area contributed by atoms with Crippen LogP contribution in [-0.4, -0.2) is 10.5 Å². The molecular formula is C26H18BrNO3S2. The predicted octanol–water partition coefficient (Wildman–Crippen LogP) is 6.23. The summed E-state index contributed by atoms with van der Waals surface area (Å²) in [6.45, 7) is 0.507. The van der Waals surface area contributed by atoms with Gasteiger partial charge in [0.25, 0.3) is 0 Å². The van der Waals surface area contributed by atoms with Gasteiger partial charge in [-0.3, -0.25) is 14.2 Å². The standard InChI is InChI=1S/C26H18BrNO3S2/c27-17-11-12-19-18(13-17)20-21(25(29)31-19)22(16-9-5-2-6-10-16)32-24-23(20)33-26(30)28(24)14-15-7-3-1-4-8-15/h1-13,20-22H,14H2/t20-,21-,22-/m0/s1. The normalized spacial score (nSPS) is 21.0. The Hall–Kier alpha value is -2.61. The summed E-state index contributed by atoms with van der Waals surface area (Å²) in [5.41, 5.74) is 3.08. The molecular weight excluding hydrogens is 518 g/mol. The minimum Gasteiger partial charge on any atom is -0.426 e. The fourth-order valence-electron chi connectivity index (χ4n) is 4.70. The second kappa shape index (κ2) is 8.31. The van der Waals surface area contributed by atoms with Crippen molar-refractivity contribution in [2.75, 3.05) is 0 Å². The molecule has 0 aliphatic carbocycles. The number of benzene rings is 3. The summed E-state index contributed by atoms with van der Waals surface area (Å²) < 4.78 is 8.59. The van der Waals surface area contributed by atoms with Crippen LogP contribution in [0.1, 0.15) is 32.7 Å². The van der Waals surface area contributed by atoms with Gasteiger partial charge >= 0.3 is 10.8 Å². The van der Waals surface area contributed by atoms with Crippen LogP contribution in [0.25, 0.3) is 0 Å². The minimum atomic E-state index is -0.407. The van der Waals surface area contributed by atoms with Crippen LogP contribution >= 0.6 is 39.0 Å². The lowest BCUT2D eigenvalue weighted by atomic mass is 9.78. The topological polar surface area (TPSA) is 48.3 Å². The molecule has 3 atom stereocenters. The molecule has 7 heteroatoms. The maximum atomic E-state index is 13.3. The molecule has 0 fully saturated rings. The molecule has 33 heavy (non-hydrogen) atoms. The van der Waals surface area contributed by atoms with Crippen molar-refractivity contribution in [3.63, 3.8) is 0 Å². The number of rotatable bonds is 3. The third-order valence-electron chi connectivity index (χ3n) is 6.18. The highest BCUT2D eigenvalue weighted by molar-refractivity contribution is 9.10. The largest absolute Gasteiger partial charge is 0.426 e. The van der Waals surface area contributed by atoms with Gasteiger partial charge < -0.3 is 4.74 Å². The van der Waals surface area contributed by atoms with Gasteiger partial charge in [-0.05, 0) is 29.3 Å². The van der Waals surface area contributed by atoms with Crippen LogP contribution in [0.4, 0.5) is 0 Å². The second-order valence-electron chi connectivity index (χ2n) is 8.16. The molecule has 0 unspecified atom stereocenters. The summed E-state index contributed by atoms with van der Waals surface area (Å²) in [4.78, 5) is 27.5. The summed E-state index contributed by atoms with van der Waals surface area (Å²) in [7, 11) is 0. The van der Waals surface area contributed by atoms with Crippen molar-refractivity contribution in [1.82, 2.24) is 4.57 Å². The highest BCUT2D eigenvalue weighted by Crippen LogP contribution is 2.59. The summed E-state index contributed by atoms with van der Waals surface area (Å²) in [6.07, 6.45) is 0. The number of hydrogen-bond donors (Lipinski definition) is 0. The molecule has 3 aromatic carbocycles. The zero-order chi connectivity index (χ0) is 22.5. The van der Waals surface area contributed by atoms with Crippen LogP contribution in [0, 0.1) is 5.92 Å². The zero-order valence-electron chi connectivity index (χ0n) is 17.3. The summed E-state index contributed by atoms with van der Waals surface area (Å²) in [5, 5.41) is 0.795. The smallest absolute Gasteiger partial charge is 0.316 e. The van der Waals surface area contributed by atoms with E-state index in [9.17, 15) is 9.59 Å². The molecule has 3 heterocycles. The van der Waals surface area contributed by atoms with E-state index in [4.69, 9.17) is 4.74 Å². The van der Waals surface area contributed by atoms with Crippen molar-refractivity contribution in [1.29, 1.82) is 0 Å². The summed E-state index contributed by atoms with van der Waals surface area (Å²) in [6, 6.07) is 25.8. The lowest BCUT2D eigenvalue weighted by molar-refractivity contribution is -0.140. The van der Waals surface area contributed by atoms with E-state index in [-0.39, 0.29) is 22.0 Å². The fraction of sp³-hybridized carbons (Fsp3) is 0.154. The van der Waals surface area contributed by atoms with Gasteiger partial charge in [-0.25, -0.2) is 0 Å². The molecule has 0 spiro atoms. The second-order valence-corrected chi connectivity index (χ2v) is 11.2. The third-order valence-corrected chi connectivity index (χ3v) is 9.35. The minimum absolute atomic E-state index is 0.000646. The van der Waals surface area contributed by atoms with Gasteiger partial charge in [0.05, 0.1) is 22.7 Å². The number of nitrogens with zero attached hydrogens (tertiary/aromatic N) is 1. The number of carbonyl (C=O) groups is 1. The molecule has 2 aliphatic rings. The molecule has 6 rings (SSSR count). The van der Waals surface area contributed by atoms with Crippen LogP contribution in [0.15, 0.2) is 93.2 Å². The Kier molecular flexibility index (Phi) is 5.28. The van der Waals surface area contributed by atoms with Crippen molar-refractivity contribution in [3.8, 4) is 5.75 Å². The number of esters is 1. The van der Waals surface area contributed by atoms with E-state index in [0.717, 1.165) is 31.1 Å². The zero-order valence-corrected chi connectivity index (χ0v) is 20.5. The average Bonchev–Trinajstić information content (AvgIpc) is 3.15. The van der Waals surface area contributed by atoms with Gasteiger partial charge in [0.2, 0.25) is 0 Å². The van der Waals surface area contributed by atoms with Crippen molar-refractivity contribution >= 4 is 45.0 Å². The Balaban J connectivity index is 1.57. The van der Waals surface area contributed by atoms with Gasteiger partial charge in [0.1, 0.15) is 5.75 Å². The Morgan fingerprint density at radius 1 is 0.939 bits per heavy atom. The van der Waals surface area contributed by atoms with Gasteiger partial charge in [0, 0.05) is 20.8 Å². The SMILES string of the molecule is O=C1Oc2ccc(Br)cc2[C@@H]2c3sc(=O)n(Cc4ccccc4)c3S[C@@H](c3ccccc3)[C@@H]12. The molecule has 0 bridgehead atoms. The molecule has 0 N–H and O–H groups in total. The first-order chi connectivity index (χ1) is 16.1. The molecule has 4 nitrogen and oxygen atoms in total. The molecule has 164 valence electrons. The third kappa shape index (κ3) is 3.59. The van der Waals surface area contributed by atoms with E-state index in [2.05, 4.69) is 28.1 Å². The number of thioether (sulfide) groups is 1. The van der Waals surface area contributed by atoms with Crippen molar-refractivity contribution in [2.45, 2.75) is 22.7 Å². The van der Waals surface area contributed by atoms with E-state index < -0.39 is 5.92 Å². The Labute approximate surface area is 207 Å². The summed E-state index contributed by atoms with van der Waals surface area (Å²) >= 11 is 6.44. The van der Waals surface area contributed by atoms with E-state index in [0.29, 0.717) is 12.3 Å². The maximum Gasteiger partial charge on any atom is 0.316 e. The van der Waals surface area contributed by atoms with Gasteiger partial charge in [0.15, 0.2) is 0 Å². The number of hydrogen-bond acceptors (Lipinski definition) is 5. The highest BCUT2D eigenvalue weighted by Gasteiger charge is 2.50. The number of thiazole rings is 1. The molecule has 0 saturated carbocycles. The quantitative estimate of drug-likeness (QED) is 0.230. The lowest BCUT2D eigenvalue weighted by Gasteiger charge is -2.40. The first-order valence-electron chi connectivity index (χ1n) is 10.6. The van der Waals surface area contributed by atoms with Crippen LogP contribution in [0.3, 0.4) is 0 Å². The molecule has 4 aromatic rings. The van der Waals surface area contributed by atoms with Crippen molar-refractivity contribution < 1.29 is 9.53 Å². The van der Waals surface area contributed by atoms with Gasteiger partial charge in [-0.1, -0.05) is 99.7 Å². The lowest BCUT2D eigenvalue weighted by Crippen LogP contribution is -2.37. The summed E-state index contributed by atoms with van der Waals surface area (Å²) in [5.74, 6) is -0.299. The fourth-order valence-corrected chi connectivity index (χ4v) is 7.93. The Morgan fingerprint density at radius 3 is 2.42 bits per heavy atom. The molecule has 0 amide bonds. The number of carbonyl (C=O) groups excluding carboxylic acids is 1. The average molecular weight is 536 g/mol. The molecule has 2 aliphatic heterocycles. The first-order valence-corrected chi connectivity index (χ1v) is 13.1. The molecule has 0 radical (unpaired) electrons. The van der Waals surface area contributed by atoms with E-state index in [1.165, 1.54) is 11.3 Å². The van der Waals surface area contributed by atoms with Gasteiger partial charge in [-0.15, -0.1) is 0 Å². The van der Waals surface area contributed by atoms with Crippen LogP contribution < -0.4 is 9.61 Å². The van der Waals surface area contributed by atoms with Crippen LogP contribution in [0.2, 0.25) is 0 Å². The van der Waals surface area contributed by atoms with Crippen LogP contribution in [-0.2, 0) is 11.3 Å². The van der Waals surface area contributed by atoms with Crippen LogP contribution in [0.5, 0.6) is 5.75 Å². The molecule has 0 saturated heterocycles. The Bertz CT molecular complexity index is 1410. The van der Waals surface area contributed by atoms with E-state index in [1.807, 2.05) is 71.3 Å². The monoisotopic (exact) mass is 535 g/mol. The predicted molar refractivity (Wildman–Crippen MR) is 134 cm³/mol. The highest BCUT2D eigenvalue weighted by atomic mass is 79.9. The van der Waals surface area contributed by atoms with E-state index >= 15 is 0 Å². The van der Waals surface area contributed by atoms with E-state index in [1.54, 1.807) is 11.8 Å². The molecule has 1 aromatic heterocycles. The number of fused-ring (bicyclic) bond motifs is 5. The first kappa shape index (κ1) is 21.0.